The summed E-state index contributed by atoms with van der Waals surface area (Å²) < 4.78 is 0. The topological polar surface area (TPSA) is 44.7 Å². The van der Waals surface area contributed by atoms with Crippen LogP contribution in [0.1, 0.15) is 49.1 Å². The second-order valence-corrected chi connectivity index (χ2v) is 11.1. The zero-order valence-electron chi connectivity index (χ0n) is 20.1. The molecule has 1 fully saturated rings. The lowest BCUT2D eigenvalue weighted by Gasteiger charge is -2.44. The van der Waals surface area contributed by atoms with Gasteiger partial charge in [-0.2, -0.15) is 5.10 Å². The number of hydrogen-bond acceptors (Lipinski definition) is 4. The van der Waals surface area contributed by atoms with Crippen LogP contribution in [0.3, 0.4) is 0 Å². The van der Waals surface area contributed by atoms with E-state index >= 15 is 0 Å². The Morgan fingerprint density at radius 1 is 0.971 bits per heavy atom. The molecule has 3 aromatic carbocycles. The summed E-state index contributed by atoms with van der Waals surface area (Å²) in [4.78, 5) is 14.7. The number of hydrazone groups is 1. The van der Waals surface area contributed by atoms with Crippen LogP contribution in [-0.2, 0) is 10.2 Å². The number of benzene rings is 3. The Balaban J connectivity index is 1.24. The Hall–Kier alpha value is -2.89. The summed E-state index contributed by atoms with van der Waals surface area (Å²) in [5, 5.41) is 4.58. The minimum absolute atomic E-state index is 0.0614. The molecular weight excluding hydrogens is 438 g/mol. The van der Waals surface area contributed by atoms with Crippen LogP contribution in [0.15, 0.2) is 90.0 Å². The van der Waals surface area contributed by atoms with E-state index in [1.165, 1.54) is 16.7 Å². The Morgan fingerprint density at radius 3 is 2.06 bits per heavy atom. The highest BCUT2D eigenvalue weighted by Crippen LogP contribution is 2.35. The third-order valence-electron chi connectivity index (χ3n) is 6.10. The molecule has 1 saturated heterocycles. The molecule has 0 bridgehead atoms. The third-order valence-corrected chi connectivity index (χ3v) is 7.30. The van der Waals surface area contributed by atoms with Crippen LogP contribution < -0.4 is 5.43 Å². The van der Waals surface area contributed by atoms with Crippen molar-refractivity contribution in [2.24, 2.45) is 5.10 Å². The van der Waals surface area contributed by atoms with Crippen LogP contribution >= 0.6 is 11.8 Å². The number of amides is 1. The summed E-state index contributed by atoms with van der Waals surface area (Å²) in [6.07, 6.45) is 1.70. The molecule has 0 spiro atoms. The fourth-order valence-electron chi connectivity index (χ4n) is 4.14. The Morgan fingerprint density at radius 2 is 1.53 bits per heavy atom. The zero-order chi connectivity index (χ0) is 24.0. The average molecular weight is 472 g/mol. The SMILES string of the molecule is CC(C)(C)c1ccc(C=NNC(=O)CSC2CN(C(c3ccccc3)c3ccccc3)C2)cc1. The van der Waals surface area contributed by atoms with Gasteiger partial charge in [0.25, 0.3) is 0 Å². The Labute approximate surface area is 207 Å². The Kier molecular flexibility index (Phi) is 7.86. The quantitative estimate of drug-likeness (QED) is 0.341. The molecule has 176 valence electrons. The van der Waals surface area contributed by atoms with E-state index in [9.17, 15) is 4.79 Å². The summed E-state index contributed by atoms with van der Waals surface area (Å²) in [6.45, 7) is 8.52. The van der Waals surface area contributed by atoms with E-state index in [-0.39, 0.29) is 17.4 Å². The van der Waals surface area contributed by atoms with Gasteiger partial charge < -0.3 is 0 Å². The number of carbonyl (C=O) groups excluding carboxylic acids is 1. The van der Waals surface area contributed by atoms with Gasteiger partial charge in [0, 0.05) is 18.3 Å². The zero-order valence-corrected chi connectivity index (χ0v) is 21.0. The van der Waals surface area contributed by atoms with Gasteiger partial charge in [0.1, 0.15) is 0 Å². The lowest BCUT2D eigenvalue weighted by molar-refractivity contribution is -0.118. The van der Waals surface area contributed by atoms with E-state index in [2.05, 4.69) is 109 Å². The van der Waals surface area contributed by atoms with E-state index in [1.54, 1.807) is 18.0 Å². The van der Waals surface area contributed by atoms with E-state index in [4.69, 9.17) is 0 Å². The molecule has 4 nitrogen and oxygen atoms in total. The fraction of sp³-hybridized carbons (Fsp3) is 0.310. The number of hydrogen-bond donors (Lipinski definition) is 1. The molecular formula is C29H33N3OS. The normalized spacial score (nSPS) is 14.9. The predicted molar refractivity (Wildman–Crippen MR) is 143 cm³/mol. The maximum Gasteiger partial charge on any atom is 0.250 e. The lowest BCUT2D eigenvalue weighted by Crippen LogP contribution is -2.51. The lowest BCUT2D eigenvalue weighted by atomic mass is 9.87. The van der Waals surface area contributed by atoms with Crippen LogP contribution in [0.2, 0.25) is 0 Å². The van der Waals surface area contributed by atoms with Gasteiger partial charge >= 0.3 is 0 Å². The number of rotatable bonds is 8. The van der Waals surface area contributed by atoms with Crippen LogP contribution in [0, 0.1) is 0 Å². The minimum Gasteiger partial charge on any atom is -0.290 e. The van der Waals surface area contributed by atoms with Gasteiger partial charge in [-0.25, -0.2) is 5.43 Å². The van der Waals surface area contributed by atoms with Crippen molar-refractivity contribution in [1.82, 2.24) is 10.3 Å². The number of nitrogens with zero attached hydrogens (tertiary/aromatic N) is 2. The first-order chi connectivity index (χ1) is 16.4. The molecule has 0 aromatic heterocycles. The maximum absolute atomic E-state index is 12.3. The number of likely N-dealkylation sites (tertiary alicyclic amines) is 1. The van der Waals surface area contributed by atoms with Crippen molar-refractivity contribution < 1.29 is 4.79 Å². The van der Waals surface area contributed by atoms with Gasteiger partial charge in [0.05, 0.1) is 18.0 Å². The molecule has 0 atom stereocenters. The van der Waals surface area contributed by atoms with Gasteiger partial charge in [-0.1, -0.05) is 106 Å². The highest BCUT2D eigenvalue weighted by molar-refractivity contribution is 8.00. The van der Waals surface area contributed by atoms with Gasteiger partial charge in [-0.05, 0) is 27.7 Å². The molecule has 0 unspecified atom stereocenters. The fourth-order valence-corrected chi connectivity index (χ4v) is 5.19. The molecule has 1 amide bonds. The van der Waals surface area contributed by atoms with Crippen LogP contribution in [0.4, 0.5) is 0 Å². The van der Waals surface area contributed by atoms with Gasteiger partial charge in [0.2, 0.25) is 5.91 Å². The van der Waals surface area contributed by atoms with Crippen molar-refractivity contribution in [2.45, 2.75) is 37.5 Å². The van der Waals surface area contributed by atoms with Crippen molar-refractivity contribution >= 4 is 23.9 Å². The number of nitrogens with one attached hydrogen (secondary N) is 1. The summed E-state index contributed by atoms with van der Waals surface area (Å²) in [5.74, 6) is 0.355. The van der Waals surface area contributed by atoms with Gasteiger partial charge in [-0.15, -0.1) is 11.8 Å². The minimum atomic E-state index is -0.0614. The van der Waals surface area contributed by atoms with E-state index in [0.717, 1.165) is 18.7 Å². The standard InChI is InChI=1S/C29H33N3OS/c1-29(2,3)25-16-14-22(15-17-25)18-30-31-27(33)21-34-26-19-32(20-26)28(23-10-6-4-7-11-23)24-12-8-5-9-13-24/h4-18,26,28H,19-21H2,1-3H3,(H,31,33). The van der Waals surface area contributed by atoms with Crippen molar-refractivity contribution in [2.75, 3.05) is 18.8 Å². The number of thioether (sulfide) groups is 1. The molecule has 0 aliphatic carbocycles. The van der Waals surface area contributed by atoms with Gasteiger partial charge in [-0.3, -0.25) is 9.69 Å². The van der Waals surface area contributed by atoms with E-state index in [1.807, 2.05) is 12.1 Å². The first-order valence-electron chi connectivity index (χ1n) is 11.8. The Bertz CT molecular complexity index is 1050. The van der Waals surface area contributed by atoms with Crippen molar-refractivity contribution in [3.8, 4) is 0 Å². The molecule has 5 heteroatoms. The van der Waals surface area contributed by atoms with E-state index in [0.29, 0.717) is 11.0 Å². The maximum atomic E-state index is 12.3. The van der Waals surface area contributed by atoms with Crippen molar-refractivity contribution in [3.63, 3.8) is 0 Å². The summed E-state index contributed by atoms with van der Waals surface area (Å²) in [5.41, 5.74) is 7.65. The molecule has 0 saturated carbocycles. The van der Waals surface area contributed by atoms with E-state index < -0.39 is 0 Å². The first-order valence-corrected chi connectivity index (χ1v) is 12.8. The smallest absolute Gasteiger partial charge is 0.250 e. The molecule has 1 aliphatic rings. The monoisotopic (exact) mass is 471 g/mol. The summed E-state index contributed by atoms with van der Waals surface area (Å²) in [7, 11) is 0. The molecule has 3 aromatic rings. The molecule has 34 heavy (non-hydrogen) atoms. The second kappa shape index (κ2) is 11.0. The first kappa shape index (κ1) is 24.2. The molecule has 0 radical (unpaired) electrons. The number of carbonyl (C=O) groups is 1. The third kappa shape index (κ3) is 6.37. The van der Waals surface area contributed by atoms with Crippen LogP contribution in [0.25, 0.3) is 0 Å². The average Bonchev–Trinajstić information content (AvgIpc) is 2.81. The molecule has 1 heterocycles. The summed E-state index contributed by atoms with van der Waals surface area (Å²) >= 11 is 1.71. The molecule has 1 N–H and O–H groups in total. The van der Waals surface area contributed by atoms with Crippen LogP contribution in [0.5, 0.6) is 0 Å². The van der Waals surface area contributed by atoms with Crippen LogP contribution in [-0.4, -0.2) is 41.1 Å². The second-order valence-electron chi connectivity index (χ2n) is 9.78. The van der Waals surface area contributed by atoms with Gasteiger partial charge in [0.15, 0.2) is 0 Å². The highest BCUT2D eigenvalue weighted by atomic mass is 32.2. The van der Waals surface area contributed by atoms with Crippen molar-refractivity contribution in [1.29, 1.82) is 0 Å². The van der Waals surface area contributed by atoms with Crippen molar-refractivity contribution in [3.05, 3.63) is 107 Å². The molecule has 1 aliphatic heterocycles. The predicted octanol–water partition coefficient (Wildman–Crippen LogP) is 5.64. The summed E-state index contributed by atoms with van der Waals surface area (Å²) in [6, 6.07) is 29.8. The molecule has 4 rings (SSSR count). The highest BCUT2D eigenvalue weighted by Gasteiger charge is 2.34. The largest absolute Gasteiger partial charge is 0.290 e.